The molecule has 2 rings (SSSR count). The Morgan fingerprint density at radius 2 is 1.86 bits per heavy atom. The molecule has 0 fully saturated rings. The Morgan fingerprint density at radius 3 is 2.39 bits per heavy atom. The zero-order valence-electron chi connectivity index (χ0n) is 17.1. The minimum absolute atomic E-state index is 0.0240. The molecule has 0 aliphatic heterocycles. The Hall–Kier alpha value is -2.86. The molecule has 1 aromatic heterocycles. The minimum atomic E-state index is -1.07. The standard InChI is InChI=1S/C22H28N2O4/c1-6-11-17(7-2)14-28-21(26)19-16(3)23(15-22(4,5)27)24(20(19)25)18-12-9-8-10-13-18/h6-13,27H,14-15H2,1-5H3/b11-6-,17-7+. The van der Waals surface area contributed by atoms with Crippen LogP contribution < -0.4 is 5.56 Å². The van der Waals surface area contributed by atoms with E-state index in [0.717, 1.165) is 5.57 Å². The Labute approximate surface area is 165 Å². The van der Waals surface area contributed by atoms with Gasteiger partial charge in [0.05, 0.1) is 23.5 Å². The van der Waals surface area contributed by atoms with Gasteiger partial charge >= 0.3 is 5.97 Å². The van der Waals surface area contributed by atoms with Gasteiger partial charge in [-0.2, -0.15) is 0 Å². The maximum Gasteiger partial charge on any atom is 0.346 e. The molecule has 6 nitrogen and oxygen atoms in total. The van der Waals surface area contributed by atoms with Gasteiger partial charge in [0, 0.05) is 0 Å². The number of esters is 1. The van der Waals surface area contributed by atoms with Gasteiger partial charge in [-0.05, 0) is 52.3 Å². The quantitative estimate of drug-likeness (QED) is 0.587. The summed E-state index contributed by atoms with van der Waals surface area (Å²) in [6, 6.07) is 9.03. The number of benzene rings is 1. The third-order valence-corrected chi connectivity index (χ3v) is 4.26. The summed E-state index contributed by atoms with van der Waals surface area (Å²) in [5.41, 5.74) is 0.344. The average molecular weight is 384 g/mol. The third kappa shape index (κ3) is 4.89. The fraction of sp³-hybridized carbons (Fsp3) is 0.364. The second-order valence-corrected chi connectivity index (χ2v) is 7.22. The zero-order chi connectivity index (χ0) is 20.9. The lowest BCUT2D eigenvalue weighted by Crippen LogP contribution is -2.32. The number of nitrogens with zero attached hydrogens (tertiary/aromatic N) is 2. The van der Waals surface area contributed by atoms with Gasteiger partial charge in [0.2, 0.25) is 0 Å². The lowest BCUT2D eigenvalue weighted by molar-refractivity contribution is 0.0521. The number of rotatable bonds is 7. The van der Waals surface area contributed by atoms with Gasteiger partial charge < -0.3 is 9.84 Å². The van der Waals surface area contributed by atoms with Gasteiger partial charge in [-0.15, -0.1) is 0 Å². The first kappa shape index (κ1) is 21.4. The molecule has 0 amide bonds. The maximum absolute atomic E-state index is 13.1. The van der Waals surface area contributed by atoms with Crippen LogP contribution in [-0.2, 0) is 11.3 Å². The molecule has 0 bridgehead atoms. The van der Waals surface area contributed by atoms with Crippen molar-refractivity contribution in [1.82, 2.24) is 9.36 Å². The molecule has 0 spiro atoms. The summed E-state index contributed by atoms with van der Waals surface area (Å²) < 4.78 is 8.41. The molecule has 0 aliphatic carbocycles. The van der Waals surface area contributed by atoms with E-state index >= 15 is 0 Å². The predicted octanol–water partition coefficient (Wildman–Crippen LogP) is 3.40. The molecule has 0 saturated carbocycles. The number of hydrogen-bond donors (Lipinski definition) is 1. The number of ether oxygens (including phenoxy) is 1. The fourth-order valence-corrected chi connectivity index (χ4v) is 2.93. The van der Waals surface area contributed by atoms with Gasteiger partial charge in [-0.25, -0.2) is 9.48 Å². The predicted molar refractivity (Wildman–Crippen MR) is 110 cm³/mol. The summed E-state index contributed by atoms with van der Waals surface area (Å²) in [5, 5.41) is 10.3. The Balaban J connectivity index is 2.51. The summed E-state index contributed by atoms with van der Waals surface area (Å²) >= 11 is 0. The normalized spacial score (nSPS) is 12.6. The minimum Gasteiger partial charge on any atom is -0.457 e. The van der Waals surface area contributed by atoms with Crippen LogP contribution in [0.15, 0.2) is 58.9 Å². The summed E-state index contributed by atoms with van der Waals surface area (Å²) in [5.74, 6) is -0.675. The van der Waals surface area contributed by atoms with Gasteiger partial charge in [-0.3, -0.25) is 9.48 Å². The molecule has 0 aliphatic rings. The van der Waals surface area contributed by atoms with Gasteiger partial charge in [-0.1, -0.05) is 36.4 Å². The van der Waals surface area contributed by atoms with Crippen molar-refractivity contribution in [3.8, 4) is 5.69 Å². The van der Waals surface area contributed by atoms with Crippen molar-refractivity contribution in [2.24, 2.45) is 0 Å². The number of hydrogen-bond acceptors (Lipinski definition) is 4. The zero-order valence-corrected chi connectivity index (χ0v) is 17.1. The number of aliphatic hydroxyl groups is 1. The van der Waals surface area contributed by atoms with Gasteiger partial charge in [0.1, 0.15) is 12.2 Å². The number of carbonyl (C=O) groups is 1. The summed E-state index contributed by atoms with van der Waals surface area (Å²) in [6.07, 6.45) is 5.56. The van der Waals surface area contributed by atoms with E-state index in [-0.39, 0.29) is 18.7 Å². The first-order valence-corrected chi connectivity index (χ1v) is 9.24. The van der Waals surface area contributed by atoms with Gasteiger partial charge in [0.25, 0.3) is 5.56 Å². The summed E-state index contributed by atoms with van der Waals surface area (Å²) in [4.78, 5) is 25.8. The molecule has 0 unspecified atom stereocenters. The first-order chi connectivity index (χ1) is 13.2. The maximum atomic E-state index is 13.1. The van der Waals surface area contributed by atoms with E-state index in [1.165, 1.54) is 4.68 Å². The van der Waals surface area contributed by atoms with Crippen LogP contribution in [-0.4, -0.2) is 32.6 Å². The highest BCUT2D eigenvalue weighted by Crippen LogP contribution is 2.16. The van der Waals surface area contributed by atoms with Crippen LogP contribution in [0.25, 0.3) is 5.69 Å². The molecule has 0 atom stereocenters. The van der Waals surface area contributed by atoms with Crippen molar-refractivity contribution in [2.45, 2.75) is 46.8 Å². The molecule has 6 heteroatoms. The van der Waals surface area contributed by atoms with Crippen molar-refractivity contribution in [2.75, 3.05) is 6.61 Å². The summed E-state index contributed by atoms with van der Waals surface area (Å²) in [6.45, 7) is 8.96. The molecular weight excluding hydrogens is 356 g/mol. The van der Waals surface area contributed by atoms with E-state index in [1.54, 1.807) is 37.6 Å². The molecule has 2 aromatic rings. The first-order valence-electron chi connectivity index (χ1n) is 9.24. The van der Waals surface area contributed by atoms with E-state index in [0.29, 0.717) is 11.4 Å². The number of carbonyl (C=O) groups excluding carboxylic acids is 1. The van der Waals surface area contributed by atoms with Gasteiger partial charge in [0.15, 0.2) is 0 Å². The molecule has 0 radical (unpaired) electrons. The number of aromatic nitrogens is 2. The Morgan fingerprint density at radius 1 is 1.21 bits per heavy atom. The Kier molecular flexibility index (Phi) is 6.80. The highest BCUT2D eigenvalue weighted by molar-refractivity contribution is 5.90. The Bertz CT molecular complexity index is 941. The van der Waals surface area contributed by atoms with Crippen LogP contribution in [0.3, 0.4) is 0 Å². The van der Waals surface area contributed by atoms with Crippen molar-refractivity contribution >= 4 is 5.97 Å². The monoisotopic (exact) mass is 384 g/mol. The number of allylic oxidation sites excluding steroid dienone is 2. The van der Waals surface area contributed by atoms with Crippen LogP contribution in [0.4, 0.5) is 0 Å². The number of para-hydroxylation sites is 1. The van der Waals surface area contributed by atoms with Crippen LogP contribution in [0, 0.1) is 6.92 Å². The second kappa shape index (κ2) is 8.89. The van der Waals surface area contributed by atoms with Crippen molar-refractivity contribution in [1.29, 1.82) is 0 Å². The highest BCUT2D eigenvalue weighted by Gasteiger charge is 2.27. The van der Waals surface area contributed by atoms with Crippen LogP contribution in [0.1, 0.15) is 43.7 Å². The van der Waals surface area contributed by atoms with E-state index in [2.05, 4.69) is 0 Å². The van der Waals surface area contributed by atoms with Crippen LogP contribution >= 0.6 is 0 Å². The van der Waals surface area contributed by atoms with Crippen molar-refractivity contribution in [3.63, 3.8) is 0 Å². The largest absolute Gasteiger partial charge is 0.457 e. The fourth-order valence-electron chi connectivity index (χ4n) is 2.93. The molecule has 1 heterocycles. The van der Waals surface area contributed by atoms with Crippen molar-refractivity contribution in [3.05, 3.63) is 75.7 Å². The van der Waals surface area contributed by atoms with Crippen molar-refractivity contribution < 1.29 is 14.6 Å². The molecular formula is C22H28N2O4. The van der Waals surface area contributed by atoms with E-state index in [1.807, 2.05) is 50.3 Å². The summed E-state index contributed by atoms with van der Waals surface area (Å²) in [7, 11) is 0. The molecule has 28 heavy (non-hydrogen) atoms. The molecule has 1 N–H and O–H groups in total. The lowest BCUT2D eigenvalue weighted by Gasteiger charge is -2.22. The van der Waals surface area contributed by atoms with E-state index in [4.69, 9.17) is 4.74 Å². The molecule has 150 valence electrons. The molecule has 1 aromatic carbocycles. The molecule has 0 saturated heterocycles. The van der Waals surface area contributed by atoms with Crippen LogP contribution in [0.5, 0.6) is 0 Å². The SMILES string of the molecule is C/C=C\C(=C/C)COC(=O)c1c(C)n(CC(C)(C)O)n(-c2ccccc2)c1=O. The topological polar surface area (TPSA) is 73.5 Å². The van der Waals surface area contributed by atoms with Crippen LogP contribution in [0.2, 0.25) is 0 Å². The average Bonchev–Trinajstić information content (AvgIpc) is 2.87. The smallest absolute Gasteiger partial charge is 0.346 e. The highest BCUT2D eigenvalue weighted by atomic mass is 16.5. The lowest BCUT2D eigenvalue weighted by atomic mass is 10.1. The third-order valence-electron chi connectivity index (χ3n) is 4.26. The second-order valence-electron chi connectivity index (χ2n) is 7.22. The van der Waals surface area contributed by atoms with E-state index < -0.39 is 17.1 Å². The van der Waals surface area contributed by atoms with E-state index in [9.17, 15) is 14.7 Å².